The van der Waals surface area contributed by atoms with Gasteiger partial charge in [0, 0.05) is 0 Å². The molecule has 0 aliphatic rings. The van der Waals surface area contributed by atoms with Crippen molar-refractivity contribution < 1.29 is 14.3 Å². The van der Waals surface area contributed by atoms with Crippen molar-refractivity contribution in [3.05, 3.63) is 64.7 Å². The van der Waals surface area contributed by atoms with Crippen LogP contribution >= 0.6 is 11.6 Å². The predicted molar refractivity (Wildman–Crippen MR) is 111 cm³/mol. The zero-order valence-electron chi connectivity index (χ0n) is 16.1. The smallest absolute Gasteiger partial charge is 0.262 e. The Labute approximate surface area is 169 Å². The molecule has 0 fully saturated rings. The van der Waals surface area contributed by atoms with E-state index in [1.165, 1.54) is 6.21 Å². The second-order valence-electron chi connectivity index (χ2n) is 6.41. The third kappa shape index (κ3) is 6.09. The van der Waals surface area contributed by atoms with Crippen LogP contribution in [0.3, 0.4) is 0 Å². The highest BCUT2D eigenvalue weighted by Gasteiger charge is 2.25. The normalized spacial score (nSPS) is 12.0. The SMILES string of the molecule is CCOc1ccc(C=NNC(=O)C(NC(=O)c2ccccc2Cl)C(C)C)cc1. The molecular weight excluding hydrogens is 378 g/mol. The molecule has 0 aromatic heterocycles. The van der Waals surface area contributed by atoms with Crippen molar-refractivity contribution in [3.63, 3.8) is 0 Å². The molecule has 2 aromatic rings. The summed E-state index contributed by atoms with van der Waals surface area (Å²) >= 11 is 6.05. The molecule has 0 spiro atoms. The van der Waals surface area contributed by atoms with Crippen molar-refractivity contribution in [1.29, 1.82) is 0 Å². The van der Waals surface area contributed by atoms with Crippen LogP contribution in [-0.2, 0) is 4.79 Å². The topological polar surface area (TPSA) is 79.8 Å². The van der Waals surface area contributed by atoms with E-state index in [0.29, 0.717) is 17.2 Å². The minimum Gasteiger partial charge on any atom is -0.494 e. The van der Waals surface area contributed by atoms with Gasteiger partial charge in [-0.2, -0.15) is 5.10 Å². The van der Waals surface area contributed by atoms with Crippen molar-refractivity contribution in [1.82, 2.24) is 10.7 Å². The Kier molecular flexibility index (Phi) is 8.02. The standard InChI is InChI=1S/C21H24ClN3O3/c1-4-28-16-11-9-15(10-12-16)13-23-25-21(27)19(14(2)3)24-20(26)17-7-5-6-8-18(17)22/h5-14,19H,4H2,1-3H3,(H,24,26)(H,25,27). The lowest BCUT2D eigenvalue weighted by Gasteiger charge is -2.20. The minimum atomic E-state index is -0.749. The number of carbonyl (C=O) groups excluding carboxylic acids is 2. The van der Waals surface area contributed by atoms with Gasteiger partial charge in [-0.3, -0.25) is 9.59 Å². The van der Waals surface area contributed by atoms with Crippen molar-refractivity contribution in [2.24, 2.45) is 11.0 Å². The maximum absolute atomic E-state index is 12.5. The van der Waals surface area contributed by atoms with Gasteiger partial charge in [0.25, 0.3) is 11.8 Å². The van der Waals surface area contributed by atoms with Gasteiger partial charge in [-0.15, -0.1) is 0 Å². The highest BCUT2D eigenvalue weighted by Crippen LogP contribution is 2.15. The Balaban J connectivity index is 1.98. The highest BCUT2D eigenvalue weighted by atomic mass is 35.5. The molecule has 28 heavy (non-hydrogen) atoms. The van der Waals surface area contributed by atoms with E-state index in [2.05, 4.69) is 15.8 Å². The Morgan fingerprint density at radius 3 is 2.43 bits per heavy atom. The number of hydrogen-bond donors (Lipinski definition) is 2. The van der Waals surface area contributed by atoms with Gasteiger partial charge in [-0.05, 0) is 54.8 Å². The first kappa shape index (κ1) is 21.4. The molecule has 2 rings (SSSR count). The molecule has 2 aromatic carbocycles. The third-order valence-corrected chi connectivity index (χ3v) is 4.26. The quantitative estimate of drug-likeness (QED) is 0.523. The van der Waals surface area contributed by atoms with Crippen LogP contribution in [0, 0.1) is 5.92 Å². The van der Waals surface area contributed by atoms with Crippen LogP contribution in [0.4, 0.5) is 0 Å². The molecule has 0 saturated carbocycles. The van der Waals surface area contributed by atoms with Gasteiger partial charge < -0.3 is 10.1 Å². The Morgan fingerprint density at radius 2 is 1.82 bits per heavy atom. The summed E-state index contributed by atoms with van der Waals surface area (Å²) in [6.07, 6.45) is 1.53. The average molecular weight is 402 g/mol. The summed E-state index contributed by atoms with van der Waals surface area (Å²) in [5.74, 6) is -0.175. The monoisotopic (exact) mass is 401 g/mol. The fourth-order valence-electron chi connectivity index (χ4n) is 2.46. The lowest BCUT2D eigenvalue weighted by molar-refractivity contribution is -0.123. The van der Waals surface area contributed by atoms with Crippen LogP contribution in [0.5, 0.6) is 5.75 Å². The summed E-state index contributed by atoms with van der Waals surface area (Å²) in [6.45, 7) is 6.20. The average Bonchev–Trinajstić information content (AvgIpc) is 2.67. The number of rotatable bonds is 8. The predicted octanol–water partition coefficient (Wildman–Crippen LogP) is 3.64. The number of hydrazone groups is 1. The Morgan fingerprint density at radius 1 is 1.14 bits per heavy atom. The third-order valence-electron chi connectivity index (χ3n) is 3.93. The first-order valence-corrected chi connectivity index (χ1v) is 9.41. The van der Waals surface area contributed by atoms with E-state index in [1.807, 2.05) is 45.0 Å². The van der Waals surface area contributed by atoms with Gasteiger partial charge in [0.05, 0.1) is 23.4 Å². The van der Waals surface area contributed by atoms with Crippen LogP contribution < -0.4 is 15.5 Å². The van der Waals surface area contributed by atoms with E-state index >= 15 is 0 Å². The summed E-state index contributed by atoms with van der Waals surface area (Å²) in [7, 11) is 0. The fraction of sp³-hybridized carbons (Fsp3) is 0.286. The maximum atomic E-state index is 12.5. The number of hydrogen-bond acceptors (Lipinski definition) is 4. The number of amides is 2. The largest absolute Gasteiger partial charge is 0.494 e. The molecule has 2 amide bonds. The van der Waals surface area contributed by atoms with Crippen molar-refractivity contribution >= 4 is 29.6 Å². The molecule has 2 N–H and O–H groups in total. The summed E-state index contributed by atoms with van der Waals surface area (Å²) in [4.78, 5) is 24.9. The summed E-state index contributed by atoms with van der Waals surface area (Å²) in [5, 5.41) is 7.02. The molecule has 0 aliphatic heterocycles. The summed E-state index contributed by atoms with van der Waals surface area (Å²) in [6, 6.07) is 13.3. The maximum Gasteiger partial charge on any atom is 0.262 e. The van der Waals surface area contributed by atoms with Gasteiger partial charge >= 0.3 is 0 Å². The van der Waals surface area contributed by atoms with Gasteiger partial charge in [0.15, 0.2) is 0 Å². The van der Waals surface area contributed by atoms with Gasteiger partial charge in [0.1, 0.15) is 11.8 Å². The van der Waals surface area contributed by atoms with E-state index < -0.39 is 17.9 Å². The van der Waals surface area contributed by atoms with Gasteiger partial charge in [-0.25, -0.2) is 5.43 Å². The fourth-order valence-corrected chi connectivity index (χ4v) is 2.68. The van der Waals surface area contributed by atoms with Crippen molar-refractivity contribution in [3.8, 4) is 5.75 Å². The number of nitrogens with one attached hydrogen (secondary N) is 2. The van der Waals surface area contributed by atoms with Crippen molar-refractivity contribution in [2.75, 3.05) is 6.61 Å². The van der Waals surface area contributed by atoms with Crippen LogP contribution in [0.1, 0.15) is 36.7 Å². The lowest BCUT2D eigenvalue weighted by Crippen LogP contribution is -2.48. The number of nitrogens with zero attached hydrogens (tertiary/aromatic N) is 1. The molecule has 0 bridgehead atoms. The summed E-state index contributed by atoms with van der Waals surface area (Å²) < 4.78 is 5.38. The van der Waals surface area contributed by atoms with Crippen LogP contribution in [0.15, 0.2) is 53.6 Å². The molecule has 0 aliphatic carbocycles. The number of carbonyl (C=O) groups is 2. The highest BCUT2D eigenvalue weighted by molar-refractivity contribution is 6.33. The van der Waals surface area contributed by atoms with E-state index in [0.717, 1.165) is 11.3 Å². The molecule has 0 heterocycles. The number of benzene rings is 2. The van der Waals surface area contributed by atoms with E-state index in [9.17, 15) is 9.59 Å². The van der Waals surface area contributed by atoms with E-state index in [-0.39, 0.29) is 5.92 Å². The molecule has 148 valence electrons. The molecule has 0 radical (unpaired) electrons. The summed E-state index contributed by atoms with van der Waals surface area (Å²) in [5.41, 5.74) is 3.61. The minimum absolute atomic E-state index is 0.132. The van der Waals surface area contributed by atoms with Crippen LogP contribution in [-0.4, -0.2) is 30.7 Å². The molecular formula is C21H24ClN3O3. The van der Waals surface area contributed by atoms with Crippen LogP contribution in [0.25, 0.3) is 0 Å². The second kappa shape index (κ2) is 10.5. The zero-order chi connectivity index (χ0) is 20.5. The number of ether oxygens (including phenoxy) is 1. The van der Waals surface area contributed by atoms with Crippen molar-refractivity contribution in [2.45, 2.75) is 26.8 Å². The zero-order valence-corrected chi connectivity index (χ0v) is 16.9. The molecule has 1 atom stereocenters. The van der Waals surface area contributed by atoms with E-state index in [4.69, 9.17) is 16.3 Å². The Hall–Kier alpha value is -2.86. The Bertz CT molecular complexity index is 835. The molecule has 1 unspecified atom stereocenters. The van der Waals surface area contributed by atoms with Crippen LogP contribution in [0.2, 0.25) is 5.02 Å². The lowest BCUT2D eigenvalue weighted by atomic mass is 10.0. The number of halogens is 1. The van der Waals surface area contributed by atoms with Gasteiger partial charge in [-0.1, -0.05) is 37.6 Å². The first-order valence-electron chi connectivity index (χ1n) is 9.03. The van der Waals surface area contributed by atoms with E-state index in [1.54, 1.807) is 24.3 Å². The molecule has 6 nitrogen and oxygen atoms in total. The molecule has 0 saturated heterocycles. The molecule has 7 heteroatoms. The first-order chi connectivity index (χ1) is 13.4. The second-order valence-corrected chi connectivity index (χ2v) is 6.82. The van der Waals surface area contributed by atoms with Gasteiger partial charge in [0.2, 0.25) is 0 Å².